The molecular weight excluding hydrogens is 216 g/mol. The standard InChI is InChI=1S/C10H11BrO/c1-6-3-8(9-5-12-9)4-7(2)10(6)11/h3-4,9H,5H2,1-2H3. The molecule has 0 saturated carbocycles. The van der Waals surface area contributed by atoms with E-state index in [2.05, 4.69) is 41.9 Å². The zero-order chi connectivity index (χ0) is 8.72. The van der Waals surface area contributed by atoms with Crippen molar-refractivity contribution in [3.05, 3.63) is 33.3 Å². The fourth-order valence-corrected chi connectivity index (χ4v) is 1.63. The molecule has 1 heterocycles. The second kappa shape index (κ2) is 2.86. The van der Waals surface area contributed by atoms with Crippen molar-refractivity contribution in [2.45, 2.75) is 20.0 Å². The van der Waals surface area contributed by atoms with Crippen molar-refractivity contribution in [1.29, 1.82) is 0 Å². The Labute approximate surface area is 80.9 Å². The van der Waals surface area contributed by atoms with Crippen molar-refractivity contribution in [2.24, 2.45) is 0 Å². The first-order valence-electron chi connectivity index (χ1n) is 4.06. The molecular formula is C10H11BrO. The van der Waals surface area contributed by atoms with E-state index in [0.29, 0.717) is 6.10 Å². The first kappa shape index (κ1) is 8.27. The van der Waals surface area contributed by atoms with E-state index in [1.807, 2.05) is 0 Å². The Balaban J connectivity index is 2.45. The van der Waals surface area contributed by atoms with Gasteiger partial charge < -0.3 is 4.74 Å². The molecule has 1 unspecified atom stereocenters. The van der Waals surface area contributed by atoms with Crippen LogP contribution in [0.1, 0.15) is 22.8 Å². The van der Waals surface area contributed by atoms with E-state index in [9.17, 15) is 0 Å². The second-order valence-electron chi connectivity index (χ2n) is 3.29. The quantitative estimate of drug-likeness (QED) is 0.671. The van der Waals surface area contributed by atoms with Gasteiger partial charge >= 0.3 is 0 Å². The van der Waals surface area contributed by atoms with Crippen LogP contribution in [0.15, 0.2) is 16.6 Å². The summed E-state index contributed by atoms with van der Waals surface area (Å²) in [5.74, 6) is 0. The molecule has 0 spiro atoms. The minimum Gasteiger partial charge on any atom is -0.368 e. The molecule has 0 aromatic heterocycles. The molecule has 1 nitrogen and oxygen atoms in total. The highest BCUT2D eigenvalue weighted by Crippen LogP contribution is 2.33. The molecule has 1 saturated heterocycles. The van der Waals surface area contributed by atoms with Crippen molar-refractivity contribution < 1.29 is 4.74 Å². The van der Waals surface area contributed by atoms with Gasteiger partial charge in [-0.25, -0.2) is 0 Å². The van der Waals surface area contributed by atoms with Gasteiger partial charge in [0, 0.05) is 4.47 Å². The van der Waals surface area contributed by atoms with Crippen LogP contribution in [0.25, 0.3) is 0 Å². The smallest absolute Gasteiger partial charge is 0.106 e. The Kier molecular flexibility index (Phi) is 1.97. The van der Waals surface area contributed by atoms with Crippen LogP contribution in [-0.2, 0) is 4.74 Å². The van der Waals surface area contributed by atoms with Crippen LogP contribution in [0.3, 0.4) is 0 Å². The van der Waals surface area contributed by atoms with Crippen LogP contribution < -0.4 is 0 Å². The SMILES string of the molecule is Cc1cc(C2CO2)cc(C)c1Br. The van der Waals surface area contributed by atoms with Gasteiger partial charge in [-0.05, 0) is 30.5 Å². The number of benzene rings is 1. The van der Waals surface area contributed by atoms with Gasteiger partial charge in [-0.3, -0.25) is 0 Å². The second-order valence-corrected chi connectivity index (χ2v) is 4.08. The number of hydrogen-bond acceptors (Lipinski definition) is 1. The molecule has 1 aromatic rings. The van der Waals surface area contributed by atoms with Gasteiger partial charge in [0.1, 0.15) is 6.10 Å². The third kappa shape index (κ3) is 1.41. The summed E-state index contributed by atoms with van der Waals surface area (Å²) in [6.07, 6.45) is 0.371. The van der Waals surface area contributed by atoms with Gasteiger partial charge in [-0.1, -0.05) is 28.1 Å². The maximum Gasteiger partial charge on any atom is 0.106 e. The summed E-state index contributed by atoms with van der Waals surface area (Å²) in [5.41, 5.74) is 3.90. The van der Waals surface area contributed by atoms with Crippen LogP contribution in [0, 0.1) is 13.8 Å². The highest BCUT2D eigenvalue weighted by atomic mass is 79.9. The topological polar surface area (TPSA) is 12.5 Å². The minimum atomic E-state index is 0.371. The Morgan fingerprint density at radius 3 is 2.25 bits per heavy atom. The van der Waals surface area contributed by atoms with E-state index >= 15 is 0 Å². The lowest BCUT2D eigenvalue weighted by Gasteiger charge is -2.05. The van der Waals surface area contributed by atoms with Crippen LogP contribution >= 0.6 is 15.9 Å². The molecule has 64 valence electrons. The van der Waals surface area contributed by atoms with Crippen LogP contribution in [-0.4, -0.2) is 6.61 Å². The van der Waals surface area contributed by atoms with Crippen LogP contribution in [0.5, 0.6) is 0 Å². The Morgan fingerprint density at radius 1 is 1.33 bits per heavy atom. The van der Waals surface area contributed by atoms with E-state index in [-0.39, 0.29) is 0 Å². The van der Waals surface area contributed by atoms with Crippen molar-refractivity contribution >= 4 is 15.9 Å². The van der Waals surface area contributed by atoms with Gasteiger partial charge in [-0.2, -0.15) is 0 Å². The number of aryl methyl sites for hydroxylation is 2. The molecule has 0 bridgehead atoms. The van der Waals surface area contributed by atoms with Crippen molar-refractivity contribution in [3.63, 3.8) is 0 Å². The third-order valence-corrected chi connectivity index (χ3v) is 3.41. The zero-order valence-corrected chi connectivity index (χ0v) is 8.81. The van der Waals surface area contributed by atoms with Crippen LogP contribution in [0.2, 0.25) is 0 Å². The third-order valence-electron chi connectivity index (χ3n) is 2.16. The maximum absolute atomic E-state index is 5.23. The monoisotopic (exact) mass is 226 g/mol. The Hall–Kier alpha value is -0.340. The van der Waals surface area contributed by atoms with Crippen LogP contribution in [0.4, 0.5) is 0 Å². The molecule has 1 aromatic carbocycles. The average Bonchev–Trinajstić information content (AvgIpc) is 2.81. The summed E-state index contributed by atoms with van der Waals surface area (Å²) in [6, 6.07) is 4.38. The maximum atomic E-state index is 5.23. The number of ether oxygens (including phenoxy) is 1. The van der Waals surface area contributed by atoms with E-state index in [1.54, 1.807) is 0 Å². The van der Waals surface area contributed by atoms with Crippen molar-refractivity contribution in [2.75, 3.05) is 6.61 Å². The Bertz CT molecular complexity index is 293. The normalized spacial score (nSPS) is 21.1. The number of halogens is 1. The largest absolute Gasteiger partial charge is 0.368 e. The molecule has 0 radical (unpaired) electrons. The van der Waals surface area contributed by atoms with E-state index in [4.69, 9.17) is 4.74 Å². The van der Waals surface area contributed by atoms with E-state index in [1.165, 1.54) is 21.2 Å². The predicted octanol–water partition coefficient (Wildman–Crippen LogP) is 3.14. The molecule has 2 rings (SSSR count). The molecule has 1 fully saturated rings. The van der Waals surface area contributed by atoms with Gasteiger partial charge in [-0.15, -0.1) is 0 Å². The highest BCUT2D eigenvalue weighted by molar-refractivity contribution is 9.10. The molecule has 2 heteroatoms. The fraction of sp³-hybridized carbons (Fsp3) is 0.400. The molecule has 0 N–H and O–H groups in total. The van der Waals surface area contributed by atoms with Gasteiger partial charge in [0.15, 0.2) is 0 Å². The first-order valence-corrected chi connectivity index (χ1v) is 4.86. The molecule has 1 aliphatic heterocycles. The molecule has 12 heavy (non-hydrogen) atoms. The summed E-state index contributed by atoms with van der Waals surface area (Å²) < 4.78 is 6.44. The lowest BCUT2D eigenvalue weighted by Crippen LogP contribution is -1.87. The van der Waals surface area contributed by atoms with Gasteiger partial charge in [0.2, 0.25) is 0 Å². The van der Waals surface area contributed by atoms with E-state index < -0.39 is 0 Å². The van der Waals surface area contributed by atoms with Crippen molar-refractivity contribution in [1.82, 2.24) is 0 Å². The number of rotatable bonds is 1. The fourth-order valence-electron chi connectivity index (χ4n) is 1.41. The van der Waals surface area contributed by atoms with Gasteiger partial charge in [0.05, 0.1) is 6.61 Å². The summed E-state index contributed by atoms with van der Waals surface area (Å²) in [4.78, 5) is 0. The van der Waals surface area contributed by atoms with Gasteiger partial charge in [0.25, 0.3) is 0 Å². The van der Waals surface area contributed by atoms with Crippen molar-refractivity contribution in [3.8, 4) is 0 Å². The molecule has 1 aliphatic rings. The summed E-state index contributed by atoms with van der Waals surface area (Å²) in [5, 5.41) is 0. The number of hydrogen-bond donors (Lipinski definition) is 0. The van der Waals surface area contributed by atoms with E-state index in [0.717, 1.165) is 6.61 Å². The Morgan fingerprint density at radius 2 is 1.83 bits per heavy atom. The highest BCUT2D eigenvalue weighted by Gasteiger charge is 2.25. The average molecular weight is 227 g/mol. The summed E-state index contributed by atoms with van der Waals surface area (Å²) >= 11 is 3.54. The summed E-state index contributed by atoms with van der Waals surface area (Å²) in [7, 11) is 0. The first-order chi connectivity index (χ1) is 5.68. The number of epoxide rings is 1. The zero-order valence-electron chi connectivity index (χ0n) is 7.23. The predicted molar refractivity (Wildman–Crippen MR) is 52.3 cm³/mol. The molecule has 1 atom stereocenters. The summed E-state index contributed by atoms with van der Waals surface area (Å²) in [6.45, 7) is 5.12. The molecule has 0 aliphatic carbocycles. The lowest BCUT2D eigenvalue weighted by atomic mass is 10.1. The molecule has 0 amide bonds. The lowest BCUT2D eigenvalue weighted by molar-refractivity contribution is 0.415. The minimum absolute atomic E-state index is 0.371.